The second-order valence-electron chi connectivity index (χ2n) is 11.6. The van der Waals surface area contributed by atoms with Crippen LogP contribution < -0.4 is 10.6 Å². The van der Waals surface area contributed by atoms with E-state index < -0.39 is 99.2 Å². The molecular weight excluding hydrogens is 729 g/mol. The normalized spacial score (nSPS) is 21.1. The van der Waals surface area contributed by atoms with Crippen molar-refractivity contribution in [2.45, 2.75) is 47.7 Å². The van der Waals surface area contributed by atoms with Gasteiger partial charge in [0.15, 0.2) is 0 Å². The molecule has 0 bridgehead atoms. The number of halogens is 14. The van der Waals surface area contributed by atoms with Crippen molar-refractivity contribution in [3.05, 3.63) is 131 Å². The summed E-state index contributed by atoms with van der Waals surface area (Å²) in [4.78, 5) is 0. The van der Waals surface area contributed by atoms with E-state index in [4.69, 9.17) is 9.05 Å². The van der Waals surface area contributed by atoms with Crippen molar-refractivity contribution in [1.82, 2.24) is 0 Å². The number of alkyl halides is 12. The summed E-state index contributed by atoms with van der Waals surface area (Å²) >= 11 is 0. The van der Waals surface area contributed by atoms with Crippen molar-refractivity contribution in [2.24, 2.45) is 0 Å². The molecule has 2 aliphatic heterocycles. The van der Waals surface area contributed by atoms with Gasteiger partial charge in [-0.3, -0.25) is 0 Å². The molecule has 2 atom stereocenters. The Hall–Kier alpha value is -3.79. The van der Waals surface area contributed by atoms with Gasteiger partial charge in [-0.05, 0) is 0 Å². The van der Waals surface area contributed by atoms with Gasteiger partial charge in [0.05, 0.1) is 0 Å². The predicted octanol–water partition coefficient (Wildman–Crippen LogP) is 9.47. The number of hydrogen-bond donors (Lipinski definition) is 1. The maximum atomic E-state index is 15.2. The molecule has 0 radical (unpaired) electrons. The Labute approximate surface area is 272 Å². The van der Waals surface area contributed by atoms with Crippen molar-refractivity contribution in [3.8, 4) is 0 Å². The molecule has 0 unspecified atom stereocenters. The van der Waals surface area contributed by atoms with Gasteiger partial charge >= 0.3 is 272 Å². The Morgan fingerprint density at radius 2 is 0.800 bits per heavy atom. The Balaban J connectivity index is 1.93. The summed E-state index contributed by atoms with van der Waals surface area (Å²) in [7, 11) is -7.62. The zero-order valence-electron chi connectivity index (χ0n) is 24.4. The number of rotatable bonds is 4. The van der Waals surface area contributed by atoms with Gasteiger partial charge in [0.1, 0.15) is 0 Å². The van der Waals surface area contributed by atoms with Crippen LogP contribution in [0.4, 0.5) is 61.5 Å². The third-order valence-corrected chi connectivity index (χ3v) is 14.4. The van der Waals surface area contributed by atoms with E-state index in [1.54, 1.807) is 0 Å². The van der Waals surface area contributed by atoms with Crippen LogP contribution in [0.25, 0.3) is 0 Å². The quantitative estimate of drug-likeness (QED) is 0.167. The molecular formula is C32H19F14O3P. The van der Waals surface area contributed by atoms with Crippen LogP contribution in [0.2, 0.25) is 0 Å². The molecule has 1 spiro atoms. The van der Waals surface area contributed by atoms with Crippen LogP contribution in [0.15, 0.2) is 97.1 Å². The molecule has 2 heterocycles. The Morgan fingerprint density at radius 3 is 1.14 bits per heavy atom. The van der Waals surface area contributed by atoms with E-state index in [2.05, 4.69) is 0 Å². The molecule has 0 saturated carbocycles. The third-order valence-electron chi connectivity index (χ3n) is 8.94. The summed E-state index contributed by atoms with van der Waals surface area (Å²) < 4.78 is 222. The summed E-state index contributed by atoms with van der Waals surface area (Å²) in [5.74, 6) is -2.09. The van der Waals surface area contributed by atoms with Gasteiger partial charge in [0.2, 0.25) is 0 Å². The number of hydrogen-bond acceptors (Lipinski definition) is 3. The monoisotopic (exact) mass is 748 g/mol. The first kappa shape index (κ1) is 36.0. The molecule has 50 heavy (non-hydrogen) atoms. The van der Waals surface area contributed by atoms with Gasteiger partial charge in [-0.1, -0.05) is 0 Å². The van der Waals surface area contributed by atoms with Crippen LogP contribution in [0.1, 0.15) is 34.0 Å². The van der Waals surface area contributed by atoms with Crippen molar-refractivity contribution in [2.75, 3.05) is 0 Å². The third kappa shape index (κ3) is 4.45. The minimum atomic E-state index is -7.62. The SMILES string of the molecule is O[C@@H](c1ccc(F)cc1)[C@H](c1ccc(F)cc1)P12(OC(C(F)(F)F)(C(F)(F)F)c3ccccc31)OC(C(F)(F)F)(C(F)(F)F)c1ccccc12. The average molecular weight is 748 g/mol. The number of fused-ring (bicyclic) bond motifs is 4. The first-order valence-electron chi connectivity index (χ1n) is 14.1. The second-order valence-corrected chi connectivity index (χ2v) is 15.5. The van der Waals surface area contributed by atoms with E-state index in [1.807, 2.05) is 0 Å². The van der Waals surface area contributed by atoms with Crippen LogP contribution in [0, 0.1) is 11.6 Å². The number of aliphatic hydroxyl groups is 1. The van der Waals surface area contributed by atoms with Gasteiger partial charge in [-0.25, -0.2) is 0 Å². The molecule has 18 heteroatoms. The topological polar surface area (TPSA) is 38.7 Å². The Kier molecular flexibility index (Phi) is 7.82. The fourth-order valence-electron chi connectivity index (χ4n) is 7.03. The summed E-state index contributed by atoms with van der Waals surface area (Å²) in [5, 5.41) is 8.99. The van der Waals surface area contributed by atoms with Crippen LogP contribution >= 0.6 is 7.06 Å². The van der Waals surface area contributed by atoms with Crippen molar-refractivity contribution >= 4 is 17.7 Å². The maximum absolute atomic E-state index is 15.2. The Bertz CT molecular complexity index is 1810. The van der Waals surface area contributed by atoms with Gasteiger partial charge in [-0.2, -0.15) is 0 Å². The standard InChI is InChI=1S/C32H19F14O3P/c33-19-13-9-17(10-14-19)25(47)26(18-11-15-20(34)16-12-18)50(23-7-3-1-5-21(23)27(48-50,29(35,36)37)30(38,39)40)24-8-4-2-6-22(24)28(49-50,31(41,42)43)32(44,45)46/h1-16,25-26,47H/t25-,26-/m0/s1. The fourth-order valence-corrected chi connectivity index (χ4v) is 13.8. The number of aliphatic hydroxyl groups excluding tert-OH is 1. The molecule has 4 aromatic carbocycles. The van der Waals surface area contributed by atoms with Crippen LogP contribution in [0.3, 0.4) is 0 Å². The van der Waals surface area contributed by atoms with Gasteiger partial charge < -0.3 is 0 Å². The van der Waals surface area contributed by atoms with Crippen LogP contribution in [-0.4, -0.2) is 29.8 Å². The van der Waals surface area contributed by atoms with Gasteiger partial charge in [0.25, 0.3) is 0 Å². The summed E-state index contributed by atoms with van der Waals surface area (Å²) in [6.07, 6.45) is -29.3. The molecule has 6 rings (SSSR count). The first-order valence-corrected chi connectivity index (χ1v) is 16.2. The van der Waals surface area contributed by atoms with E-state index in [1.165, 1.54) is 0 Å². The molecule has 0 saturated heterocycles. The zero-order chi connectivity index (χ0) is 36.9. The summed E-state index contributed by atoms with van der Waals surface area (Å²) in [5.41, 5.74) is -19.5. The Morgan fingerprint density at radius 1 is 0.480 bits per heavy atom. The molecule has 2 aliphatic rings. The van der Waals surface area contributed by atoms with E-state index in [0.717, 1.165) is 24.3 Å². The minimum absolute atomic E-state index is 0.177. The zero-order valence-corrected chi connectivity index (χ0v) is 25.3. The molecule has 0 aliphatic carbocycles. The van der Waals surface area contributed by atoms with Crippen molar-refractivity contribution in [1.29, 1.82) is 0 Å². The molecule has 0 fully saturated rings. The van der Waals surface area contributed by atoms with Gasteiger partial charge in [-0.15, -0.1) is 0 Å². The predicted molar refractivity (Wildman–Crippen MR) is 149 cm³/mol. The average Bonchev–Trinajstić information content (AvgIpc) is 3.47. The van der Waals surface area contributed by atoms with Crippen molar-refractivity contribution in [3.63, 3.8) is 0 Å². The first-order chi connectivity index (χ1) is 23.0. The van der Waals surface area contributed by atoms with E-state index in [0.29, 0.717) is 60.7 Å². The molecule has 3 nitrogen and oxygen atoms in total. The van der Waals surface area contributed by atoms with E-state index in [-0.39, 0.29) is 12.1 Å². The molecule has 0 aromatic heterocycles. The summed E-state index contributed by atoms with van der Waals surface area (Å²) in [6.45, 7) is 0. The molecule has 0 amide bonds. The van der Waals surface area contributed by atoms with Crippen molar-refractivity contribution < 1.29 is 75.6 Å². The number of benzene rings is 4. The fraction of sp³-hybridized carbons (Fsp3) is 0.250. The van der Waals surface area contributed by atoms with Gasteiger partial charge in [0, 0.05) is 0 Å². The molecule has 4 aromatic rings. The second kappa shape index (κ2) is 10.9. The summed E-state index contributed by atoms with van der Waals surface area (Å²) in [6, 6.07) is 9.12. The van der Waals surface area contributed by atoms with Crippen LogP contribution in [-0.2, 0) is 20.2 Å². The van der Waals surface area contributed by atoms with E-state index in [9.17, 15) is 13.9 Å². The van der Waals surface area contributed by atoms with E-state index >= 15 is 52.7 Å². The van der Waals surface area contributed by atoms with Crippen LogP contribution in [0.5, 0.6) is 0 Å². The molecule has 1 N–H and O–H groups in total. The molecule has 268 valence electrons.